The van der Waals surface area contributed by atoms with Gasteiger partial charge in [-0.1, -0.05) is 17.7 Å². The number of aromatic amines is 1. The van der Waals surface area contributed by atoms with Gasteiger partial charge in [-0.2, -0.15) is 0 Å². The van der Waals surface area contributed by atoms with Gasteiger partial charge in [0.2, 0.25) is 5.43 Å². The normalized spacial score (nSPS) is 11.1. The van der Waals surface area contributed by atoms with E-state index >= 15 is 0 Å². The predicted octanol–water partition coefficient (Wildman–Crippen LogP) is 3.74. The van der Waals surface area contributed by atoms with Gasteiger partial charge in [-0.3, -0.25) is 19.7 Å². The van der Waals surface area contributed by atoms with Crippen LogP contribution in [0.5, 0.6) is 5.75 Å². The number of hydrogen-bond donors (Lipinski definition) is 1. The summed E-state index contributed by atoms with van der Waals surface area (Å²) in [5, 5.41) is 0.144. The zero-order chi connectivity index (χ0) is 20.3. The summed E-state index contributed by atoms with van der Waals surface area (Å²) in [4.78, 5) is 26.5. The van der Waals surface area contributed by atoms with Crippen molar-refractivity contribution in [3.05, 3.63) is 74.4 Å². The molecule has 7 heteroatoms. The Labute approximate surface area is 169 Å². The van der Waals surface area contributed by atoms with Crippen LogP contribution < -0.4 is 10.2 Å². The lowest BCUT2D eigenvalue weighted by molar-refractivity contribution is 0.309. The third-order valence-corrected chi connectivity index (χ3v) is 4.93. The standard InChI is InChI=1S/C21H23ClN4O2/c1-13-10-24-17(14(2)21(13)28-4)12-26(3)11-15-9-18(27)19(22)20(25-15)16-7-5-6-8-23-16/h5-10H,11-12H2,1-4H3,(H,25,27). The number of ether oxygens (including phenoxy) is 1. The maximum absolute atomic E-state index is 12.3. The summed E-state index contributed by atoms with van der Waals surface area (Å²) in [7, 11) is 3.64. The van der Waals surface area contributed by atoms with Crippen molar-refractivity contribution in [2.75, 3.05) is 14.2 Å². The Kier molecular flexibility index (Phi) is 6.11. The number of aryl methyl sites for hydroxylation is 1. The average molecular weight is 399 g/mol. The van der Waals surface area contributed by atoms with E-state index in [0.29, 0.717) is 24.5 Å². The van der Waals surface area contributed by atoms with E-state index in [-0.39, 0.29) is 10.5 Å². The van der Waals surface area contributed by atoms with Crippen molar-refractivity contribution in [3.8, 4) is 17.1 Å². The first-order valence-electron chi connectivity index (χ1n) is 8.91. The highest BCUT2D eigenvalue weighted by Gasteiger charge is 2.14. The van der Waals surface area contributed by atoms with Crippen molar-refractivity contribution in [1.29, 1.82) is 0 Å². The Bertz CT molecular complexity index is 1030. The van der Waals surface area contributed by atoms with Gasteiger partial charge >= 0.3 is 0 Å². The first-order valence-corrected chi connectivity index (χ1v) is 9.29. The van der Waals surface area contributed by atoms with Crippen LogP contribution in [0.3, 0.4) is 0 Å². The summed E-state index contributed by atoms with van der Waals surface area (Å²) in [6, 6.07) is 7.02. The maximum atomic E-state index is 12.3. The summed E-state index contributed by atoms with van der Waals surface area (Å²) in [5.41, 5.74) is 4.66. The molecule has 3 rings (SSSR count). The third-order valence-electron chi connectivity index (χ3n) is 4.56. The Morgan fingerprint density at radius 2 is 2.00 bits per heavy atom. The minimum atomic E-state index is -0.226. The van der Waals surface area contributed by atoms with Crippen molar-refractivity contribution >= 4 is 11.6 Å². The van der Waals surface area contributed by atoms with E-state index in [4.69, 9.17) is 16.3 Å². The summed E-state index contributed by atoms with van der Waals surface area (Å²) >= 11 is 6.21. The molecule has 0 fully saturated rings. The van der Waals surface area contributed by atoms with Crippen LogP contribution in [0.2, 0.25) is 5.02 Å². The van der Waals surface area contributed by atoms with Crippen LogP contribution in [0, 0.1) is 13.8 Å². The fraction of sp³-hybridized carbons (Fsp3) is 0.286. The van der Waals surface area contributed by atoms with E-state index in [2.05, 4.69) is 19.9 Å². The van der Waals surface area contributed by atoms with Crippen LogP contribution in [-0.4, -0.2) is 34.0 Å². The van der Waals surface area contributed by atoms with Gasteiger partial charge in [-0.05, 0) is 33.0 Å². The molecule has 3 aromatic heterocycles. The molecule has 146 valence electrons. The van der Waals surface area contributed by atoms with Crippen LogP contribution >= 0.6 is 11.6 Å². The van der Waals surface area contributed by atoms with E-state index in [1.165, 1.54) is 6.07 Å². The largest absolute Gasteiger partial charge is 0.496 e. The minimum absolute atomic E-state index is 0.144. The summed E-state index contributed by atoms with van der Waals surface area (Å²) in [6.07, 6.45) is 3.49. The second-order valence-corrected chi connectivity index (χ2v) is 7.16. The van der Waals surface area contributed by atoms with Gasteiger partial charge in [-0.15, -0.1) is 0 Å². The van der Waals surface area contributed by atoms with Crippen LogP contribution in [0.25, 0.3) is 11.4 Å². The minimum Gasteiger partial charge on any atom is -0.496 e. The van der Waals surface area contributed by atoms with Gasteiger partial charge < -0.3 is 9.72 Å². The van der Waals surface area contributed by atoms with Crippen molar-refractivity contribution in [3.63, 3.8) is 0 Å². The van der Waals surface area contributed by atoms with Gasteiger partial charge in [0.05, 0.1) is 24.2 Å². The second-order valence-electron chi connectivity index (χ2n) is 6.78. The quantitative estimate of drug-likeness (QED) is 0.684. The number of methoxy groups -OCH3 is 1. The van der Waals surface area contributed by atoms with Gasteiger partial charge in [-0.25, -0.2) is 0 Å². The van der Waals surface area contributed by atoms with Gasteiger partial charge in [0, 0.05) is 48.4 Å². The van der Waals surface area contributed by atoms with E-state index in [1.54, 1.807) is 13.3 Å². The molecule has 28 heavy (non-hydrogen) atoms. The van der Waals surface area contributed by atoms with Gasteiger partial charge in [0.1, 0.15) is 10.8 Å². The molecular formula is C21H23ClN4O2. The number of pyridine rings is 3. The molecule has 0 saturated heterocycles. The Hall–Kier alpha value is -2.70. The average Bonchev–Trinajstić information content (AvgIpc) is 2.68. The Morgan fingerprint density at radius 3 is 2.68 bits per heavy atom. The molecule has 0 saturated carbocycles. The first-order chi connectivity index (χ1) is 13.4. The smallest absolute Gasteiger partial charge is 0.201 e. The molecule has 0 spiro atoms. The van der Waals surface area contributed by atoms with Crippen molar-refractivity contribution in [2.24, 2.45) is 0 Å². The molecule has 0 bridgehead atoms. The lowest BCUT2D eigenvalue weighted by Gasteiger charge is -2.19. The summed E-state index contributed by atoms with van der Waals surface area (Å²) in [5.74, 6) is 0.857. The van der Waals surface area contributed by atoms with E-state index in [1.807, 2.05) is 45.3 Å². The molecule has 0 aliphatic rings. The third kappa shape index (κ3) is 4.24. The lowest BCUT2D eigenvalue weighted by Crippen LogP contribution is -2.21. The molecule has 3 heterocycles. The van der Waals surface area contributed by atoms with Crippen LogP contribution in [0.15, 0.2) is 41.5 Å². The SMILES string of the molecule is COc1c(C)cnc(CN(C)Cc2cc(=O)c(Cl)c(-c3ccccn3)[nH]2)c1C. The Balaban J connectivity index is 1.84. The lowest BCUT2D eigenvalue weighted by atomic mass is 10.1. The van der Waals surface area contributed by atoms with Gasteiger partial charge in [0.25, 0.3) is 0 Å². The Morgan fingerprint density at radius 1 is 1.21 bits per heavy atom. The number of aromatic nitrogens is 3. The van der Waals surface area contributed by atoms with E-state index < -0.39 is 0 Å². The predicted molar refractivity (Wildman–Crippen MR) is 111 cm³/mol. The number of halogens is 1. The van der Waals surface area contributed by atoms with Crippen molar-refractivity contribution in [2.45, 2.75) is 26.9 Å². The number of nitrogens with one attached hydrogen (secondary N) is 1. The molecule has 0 aliphatic heterocycles. The van der Waals surface area contributed by atoms with E-state index in [0.717, 1.165) is 28.3 Å². The molecule has 0 aromatic carbocycles. The zero-order valence-electron chi connectivity index (χ0n) is 16.4. The number of rotatable bonds is 6. The highest BCUT2D eigenvalue weighted by molar-refractivity contribution is 6.32. The number of H-pyrrole nitrogens is 1. The molecule has 0 aliphatic carbocycles. The molecule has 3 aromatic rings. The monoisotopic (exact) mass is 398 g/mol. The molecule has 0 atom stereocenters. The van der Waals surface area contributed by atoms with E-state index in [9.17, 15) is 4.79 Å². The molecule has 1 N–H and O–H groups in total. The number of hydrogen-bond acceptors (Lipinski definition) is 5. The van der Waals surface area contributed by atoms with Crippen LogP contribution in [0.4, 0.5) is 0 Å². The zero-order valence-corrected chi connectivity index (χ0v) is 17.2. The highest BCUT2D eigenvalue weighted by Crippen LogP contribution is 2.25. The fourth-order valence-electron chi connectivity index (χ4n) is 3.20. The molecule has 0 unspecified atom stereocenters. The fourth-order valence-corrected chi connectivity index (χ4v) is 3.40. The number of nitrogens with zero attached hydrogens (tertiary/aromatic N) is 3. The maximum Gasteiger partial charge on any atom is 0.201 e. The van der Waals surface area contributed by atoms with Crippen LogP contribution in [0.1, 0.15) is 22.5 Å². The molecule has 0 radical (unpaired) electrons. The topological polar surface area (TPSA) is 71.1 Å². The van der Waals surface area contributed by atoms with Gasteiger partial charge in [0.15, 0.2) is 0 Å². The first kappa shape index (κ1) is 20.0. The van der Waals surface area contributed by atoms with Crippen molar-refractivity contribution < 1.29 is 4.74 Å². The molecule has 0 amide bonds. The molecular weight excluding hydrogens is 376 g/mol. The summed E-state index contributed by atoms with van der Waals surface area (Å²) in [6.45, 7) is 5.13. The highest BCUT2D eigenvalue weighted by atomic mass is 35.5. The van der Waals surface area contributed by atoms with Crippen LogP contribution in [-0.2, 0) is 13.1 Å². The second kappa shape index (κ2) is 8.54. The van der Waals surface area contributed by atoms with Crippen molar-refractivity contribution in [1.82, 2.24) is 19.9 Å². The molecule has 6 nitrogen and oxygen atoms in total. The summed E-state index contributed by atoms with van der Waals surface area (Å²) < 4.78 is 5.48.